The minimum Gasteiger partial charge on any atom is -0.495 e. The first-order valence-electron chi connectivity index (χ1n) is 9.56. The lowest BCUT2D eigenvalue weighted by Crippen LogP contribution is -2.49. The molecule has 142 valence electrons. The van der Waals surface area contributed by atoms with Crippen molar-refractivity contribution in [2.24, 2.45) is 11.8 Å². The van der Waals surface area contributed by atoms with Crippen molar-refractivity contribution in [2.75, 3.05) is 51.3 Å². The highest BCUT2D eigenvalue weighted by Crippen LogP contribution is 2.41. The average molecular weight is 359 g/mol. The Morgan fingerprint density at radius 3 is 2.35 bits per heavy atom. The van der Waals surface area contributed by atoms with Crippen molar-refractivity contribution in [3.05, 3.63) is 24.3 Å². The molecule has 0 radical (unpaired) electrons. The van der Waals surface area contributed by atoms with E-state index in [9.17, 15) is 9.59 Å². The molecule has 1 saturated heterocycles. The van der Waals surface area contributed by atoms with Crippen LogP contribution in [0, 0.1) is 11.8 Å². The van der Waals surface area contributed by atoms with Gasteiger partial charge in [0.15, 0.2) is 0 Å². The quantitative estimate of drug-likeness (QED) is 0.778. The van der Waals surface area contributed by atoms with Crippen molar-refractivity contribution in [3.8, 4) is 5.75 Å². The van der Waals surface area contributed by atoms with E-state index < -0.39 is 0 Å². The molecule has 1 aromatic carbocycles. The van der Waals surface area contributed by atoms with Gasteiger partial charge in [0.1, 0.15) is 5.75 Å². The Hall–Kier alpha value is -2.24. The fourth-order valence-corrected chi connectivity index (χ4v) is 3.80. The summed E-state index contributed by atoms with van der Waals surface area (Å²) in [5.74, 6) is 0.936. The van der Waals surface area contributed by atoms with Crippen LogP contribution in [0.5, 0.6) is 5.75 Å². The van der Waals surface area contributed by atoms with Gasteiger partial charge in [-0.25, -0.2) is 0 Å². The van der Waals surface area contributed by atoms with Crippen LogP contribution in [-0.4, -0.2) is 68.0 Å². The van der Waals surface area contributed by atoms with E-state index in [1.807, 2.05) is 41.8 Å². The van der Waals surface area contributed by atoms with E-state index >= 15 is 0 Å². The lowest BCUT2D eigenvalue weighted by molar-refractivity contribution is -0.138. The molecular weight excluding hydrogens is 330 g/mol. The average Bonchev–Trinajstić information content (AvgIpc) is 3.49. The number of anilines is 1. The number of hydrogen-bond donors (Lipinski definition) is 0. The smallest absolute Gasteiger partial charge is 0.226 e. The van der Waals surface area contributed by atoms with Gasteiger partial charge in [0.2, 0.25) is 11.8 Å². The highest BCUT2D eigenvalue weighted by Gasteiger charge is 2.50. The summed E-state index contributed by atoms with van der Waals surface area (Å²) in [5, 5.41) is 0. The Morgan fingerprint density at radius 2 is 1.73 bits per heavy atom. The number of benzene rings is 1. The first-order chi connectivity index (χ1) is 12.6. The molecule has 2 aliphatic rings. The van der Waals surface area contributed by atoms with Crippen LogP contribution in [0.3, 0.4) is 0 Å². The van der Waals surface area contributed by atoms with Crippen LogP contribution in [-0.2, 0) is 9.59 Å². The van der Waals surface area contributed by atoms with E-state index in [-0.39, 0.29) is 23.7 Å². The molecule has 0 aromatic heterocycles. The molecule has 2 amide bonds. The Kier molecular flexibility index (Phi) is 5.69. The third-order valence-corrected chi connectivity index (χ3v) is 5.52. The zero-order valence-electron chi connectivity index (χ0n) is 16.0. The van der Waals surface area contributed by atoms with Crippen molar-refractivity contribution in [2.45, 2.75) is 20.3 Å². The molecule has 0 bridgehead atoms. The number of rotatable bonds is 6. The summed E-state index contributed by atoms with van der Waals surface area (Å²) in [5.41, 5.74) is 1.07. The van der Waals surface area contributed by atoms with Gasteiger partial charge in [-0.3, -0.25) is 9.59 Å². The Labute approximate surface area is 155 Å². The molecule has 2 atom stereocenters. The largest absolute Gasteiger partial charge is 0.495 e. The van der Waals surface area contributed by atoms with Gasteiger partial charge in [0.25, 0.3) is 0 Å². The molecular formula is C20H29N3O3. The summed E-state index contributed by atoms with van der Waals surface area (Å²) >= 11 is 0. The third kappa shape index (κ3) is 3.64. The third-order valence-electron chi connectivity index (χ3n) is 5.52. The van der Waals surface area contributed by atoms with Crippen LogP contribution >= 0.6 is 0 Å². The van der Waals surface area contributed by atoms with Crippen molar-refractivity contribution >= 4 is 17.5 Å². The van der Waals surface area contributed by atoms with Crippen LogP contribution in [0.25, 0.3) is 0 Å². The van der Waals surface area contributed by atoms with E-state index in [1.54, 1.807) is 7.11 Å². The van der Waals surface area contributed by atoms with Gasteiger partial charge in [0, 0.05) is 39.3 Å². The first kappa shape index (κ1) is 18.5. The molecule has 1 aliphatic heterocycles. The van der Waals surface area contributed by atoms with Gasteiger partial charge in [-0.2, -0.15) is 0 Å². The van der Waals surface area contributed by atoms with Crippen LogP contribution < -0.4 is 9.64 Å². The highest BCUT2D eigenvalue weighted by atomic mass is 16.5. The molecule has 0 spiro atoms. The van der Waals surface area contributed by atoms with Crippen molar-refractivity contribution in [3.63, 3.8) is 0 Å². The van der Waals surface area contributed by atoms with Gasteiger partial charge in [0.05, 0.1) is 24.6 Å². The molecule has 3 rings (SSSR count). The number of carbonyl (C=O) groups excluding carboxylic acids is 2. The molecule has 1 aliphatic carbocycles. The van der Waals surface area contributed by atoms with Crippen LogP contribution in [0.4, 0.5) is 5.69 Å². The summed E-state index contributed by atoms with van der Waals surface area (Å²) in [7, 11) is 1.68. The monoisotopic (exact) mass is 359 g/mol. The van der Waals surface area contributed by atoms with Gasteiger partial charge < -0.3 is 19.4 Å². The fraction of sp³-hybridized carbons (Fsp3) is 0.600. The summed E-state index contributed by atoms with van der Waals surface area (Å²) in [6.07, 6.45) is 0.709. The number of amides is 2. The molecule has 0 N–H and O–H groups in total. The summed E-state index contributed by atoms with van der Waals surface area (Å²) in [6, 6.07) is 7.97. The minimum absolute atomic E-state index is 0.102. The predicted octanol–water partition coefficient (Wildman–Crippen LogP) is 1.85. The van der Waals surface area contributed by atoms with E-state index in [1.165, 1.54) is 0 Å². The molecule has 1 saturated carbocycles. The van der Waals surface area contributed by atoms with Gasteiger partial charge >= 0.3 is 0 Å². The van der Waals surface area contributed by atoms with Crippen LogP contribution in [0.1, 0.15) is 20.3 Å². The van der Waals surface area contributed by atoms with E-state index in [0.717, 1.165) is 24.5 Å². The zero-order chi connectivity index (χ0) is 18.7. The lowest BCUT2D eigenvalue weighted by Gasteiger charge is -2.36. The van der Waals surface area contributed by atoms with Crippen LogP contribution in [0.15, 0.2) is 24.3 Å². The van der Waals surface area contributed by atoms with Crippen LogP contribution in [0.2, 0.25) is 0 Å². The Morgan fingerprint density at radius 1 is 1.08 bits per heavy atom. The zero-order valence-corrected chi connectivity index (χ0v) is 16.0. The normalized spacial score (nSPS) is 22.1. The number of piperazine rings is 1. The van der Waals surface area contributed by atoms with E-state index in [2.05, 4.69) is 11.0 Å². The number of hydrogen-bond acceptors (Lipinski definition) is 4. The SMILES string of the molecule is CCN(CC)C(=O)C1CC1C(=O)N1CCN(c2ccccc2OC)CC1. The minimum atomic E-state index is -0.110. The summed E-state index contributed by atoms with van der Waals surface area (Å²) in [4.78, 5) is 31.2. The molecule has 26 heavy (non-hydrogen) atoms. The topological polar surface area (TPSA) is 53.1 Å². The Balaban J connectivity index is 1.54. The number of para-hydroxylation sites is 2. The predicted molar refractivity (Wildman–Crippen MR) is 101 cm³/mol. The van der Waals surface area contributed by atoms with E-state index in [0.29, 0.717) is 32.6 Å². The number of nitrogens with zero attached hydrogens (tertiary/aromatic N) is 3. The lowest BCUT2D eigenvalue weighted by atomic mass is 10.2. The standard InChI is InChI=1S/C20H29N3O3/c1-4-21(5-2)19(24)15-14-16(15)20(25)23-12-10-22(11-13-23)17-8-6-7-9-18(17)26-3/h6-9,15-16H,4-5,10-14H2,1-3H3. The number of carbonyl (C=O) groups is 2. The molecule has 1 aromatic rings. The van der Waals surface area contributed by atoms with Gasteiger partial charge in [-0.15, -0.1) is 0 Å². The molecule has 2 fully saturated rings. The maximum absolute atomic E-state index is 12.8. The summed E-state index contributed by atoms with van der Waals surface area (Å²) < 4.78 is 5.44. The van der Waals surface area contributed by atoms with Crippen molar-refractivity contribution in [1.29, 1.82) is 0 Å². The number of methoxy groups -OCH3 is 1. The molecule has 6 nitrogen and oxygen atoms in total. The second kappa shape index (κ2) is 7.98. The highest BCUT2D eigenvalue weighted by molar-refractivity contribution is 5.92. The maximum Gasteiger partial charge on any atom is 0.226 e. The van der Waals surface area contributed by atoms with Crippen molar-refractivity contribution < 1.29 is 14.3 Å². The van der Waals surface area contributed by atoms with Gasteiger partial charge in [-0.1, -0.05) is 12.1 Å². The molecule has 2 unspecified atom stereocenters. The second-order valence-electron chi connectivity index (χ2n) is 6.94. The molecule has 6 heteroatoms. The number of ether oxygens (including phenoxy) is 1. The Bertz CT molecular complexity index is 651. The fourth-order valence-electron chi connectivity index (χ4n) is 3.80. The maximum atomic E-state index is 12.8. The van der Waals surface area contributed by atoms with E-state index in [4.69, 9.17) is 4.74 Å². The van der Waals surface area contributed by atoms with Crippen molar-refractivity contribution in [1.82, 2.24) is 9.80 Å². The molecule has 1 heterocycles. The van der Waals surface area contributed by atoms with Gasteiger partial charge in [-0.05, 0) is 32.4 Å². The first-order valence-corrected chi connectivity index (χ1v) is 9.56. The second-order valence-corrected chi connectivity index (χ2v) is 6.94. The summed E-state index contributed by atoms with van der Waals surface area (Å²) in [6.45, 7) is 8.35.